The topological polar surface area (TPSA) is 66.7 Å². The zero-order valence-electron chi connectivity index (χ0n) is 17.5. The van der Waals surface area contributed by atoms with Gasteiger partial charge < -0.3 is 10.1 Å². The maximum absolute atomic E-state index is 14.0. The summed E-state index contributed by atoms with van der Waals surface area (Å²) in [6, 6.07) is 8.45. The van der Waals surface area contributed by atoms with Crippen molar-refractivity contribution in [3.05, 3.63) is 51.0 Å². The Balaban J connectivity index is 1.26. The number of Topliss-reactive ketones (excluding diaryl/α,β-unsaturated/α-hetero) is 1. The molecular formula is C22H29N4O3S+. The van der Waals surface area contributed by atoms with Crippen LogP contribution >= 0.6 is 11.8 Å². The van der Waals surface area contributed by atoms with Crippen molar-refractivity contribution in [2.45, 2.75) is 37.9 Å². The van der Waals surface area contributed by atoms with Gasteiger partial charge in [0.1, 0.15) is 0 Å². The number of hydrogen-bond acceptors (Lipinski definition) is 6. The Bertz CT molecular complexity index is 913. The van der Waals surface area contributed by atoms with Crippen molar-refractivity contribution < 1.29 is 14.2 Å². The molecule has 0 radical (unpaired) electrons. The Kier molecular flexibility index (Phi) is 5.01. The molecule has 30 heavy (non-hydrogen) atoms. The number of aryl methyl sites for hydroxylation is 1. The van der Waals surface area contributed by atoms with E-state index in [4.69, 9.17) is 0 Å². The van der Waals surface area contributed by atoms with Crippen molar-refractivity contribution in [1.29, 1.82) is 0 Å². The summed E-state index contributed by atoms with van der Waals surface area (Å²) in [6.07, 6.45) is 2.52. The molecular weight excluding hydrogens is 400 g/mol. The lowest BCUT2D eigenvalue weighted by Crippen LogP contribution is -2.74. The minimum Gasteiger partial charge on any atom is -0.627 e. The van der Waals surface area contributed by atoms with Gasteiger partial charge in [-0.2, -0.15) is 0 Å². The van der Waals surface area contributed by atoms with E-state index >= 15 is 0 Å². The van der Waals surface area contributed by atoms with Crippen LogP contribution in [0.1, 0.15) is 24.8 Å². The maximum Gasteiger partial charge on any atom is 0.335 e. The van der Waals surface area contributed by atoms with Crippen molar-refractivity contribution >= 4 is 23.2 Å². The molecule has 0 amide bonds. The first-order chi connectivity index (χ1) is 14.4. The van der Waals surface area contributed by atoms with Crippen LogP contribution in [0, 0.1) is 17.0 Å². The Morgan fingerprint density at radius 3 is 2.80 bits per heavy atom. The Hall–Kier alpha value is -1.74. The number of nitroso groups, excluding NO2 is 1. The van der Waals surface area contributed by atoms with Gasteiger partial charge in [-0.05, 0) is 30.3 Å². The number of nitrogens with zero attached hydrogens (tertiary/aromatic N) is 4. The normalized spacial score (nSPS) is 34.1. The first-order valence-corrected chi connectivity index (χ1v) is 11.9. The van der Waals surface area contributed by atoms with Gasteiger partial charge in [0, 0.05) is 56.2 Å². The van der Waals surface area contributed by atoms with Crippen LogP contribution in [0.4, 0.5) is 5.69 Å². The maximum atomic E-state index is 14.0. The molecule has 0 aliphatic carbocycles. The number of para-hydroxylation sites is 1. The Labute approximate surface area is 181 Å². The minimum absolute atomic E-state index is 0.0243. The average Bonchev–Trinajstić information content (AvgIpc) is 3.17. The number of quaternary nitrogens is 1. The Morgan fingerprint density at radius 2 is 2.03 bits per heavy atom. The van der Waals surface area contributed by atoms with E-state index in [9.17, 15) is 14.9 Å². The highest BCUT2D eigenvalue weighted by atomic mass is 32.2. The molecule has 160 valence electrons. The Morgan fingerprint density at radius 1 is 1.27 bits per heavy atom. The average molecular weight is 430 g/mol. The van der Waals surface area contributed by atoms with E-state index in [1.165, 1.54) is 23.0 Å². The summed E-state index contributed by atoms with van der Waals surface area (Å²) in [5, 5.41) is 14.5. The molecule has 3 atom stereocenters. The van der Waals surface area contributed by atoms with Crippen LogP contribution in [-0.4, -0.2) is 76.8 Å². The van der Waals surface area contributed by atoms with Gasteiger partial charge >= 0.3 is 6.17 Å². The van der Waals surface area contributed by atoms with Gasteiger partial charge in [-0.25, -0.2) is 0 Å². The van der Waals surface area contributed by atoms with Gasteiger partial charge in [0.2, 0.25) is 0 Å². The standard InChI is InChI=1S/C22H29N4O3S/c1-17-5-2-3-6-18(17)24-12-10-23(11-13-24)9-8-20-25(28)21-15-22(16-30-21)19(27)7-4-14-26(20,22)29/h2-3,5-6,15,20H,4,7-14,16H2,1H3/q+1. The number of rotatable bonds is 4. The number of anilines is 1. The summed E-state index contributed by atoms with van der Waals surface area (Å²) in [5.41, 5.74) is 1.55. The van der Waals surface area contributed by atoms with Gasteiger partial charge in [0.25, 0.3) is 5.03 Å². The van der Waals surface area contributed by atoms with Gasteiger partial charge in [-0.3, -0.25) is 14.3 Å². The molecule has 5 rings (SSSR count). The molecule has 2 fully saturated rings. The molecule has 1 spiro atoms. The van der Waals surface area contributed by atoms with Crippen LogP contribution in [0.5, 0.6) is 0 Å². The second-order valence-electron chi connectivity index (χ2n) is 8.95. The van der Waals surface area contributed by atoms with E-state index in [2.05, 4.69) is 41.0 Å². The van der Waals surface area contributed by atoms with Crippen LogP contribution in [0.15, 0.2) is 35.4 Å². The molecule has 8 heteroatoms. The first kappa shape index (κ1) is 20.2. The zero-order valence-corrected chi connectivity index (χ0v) is 18.3. The van der Waals surface area contributed by atoms with Crippen LogP contribution in [-0.2, 0) is 4.79 Å². The number of carbonyl (C=O) groups excluding carboxylic acids is 1. The van der Waals surface area contributed by atoms with E-state index in [-0.39, 0.29) is 5.78 Å². The molecule has 4 heterocycles. The van der Waals surface area contributed by atoms with Crippen molar-refractivity contribution in [2.24, 2.45) is 0 Å². The molecule has 1 aromatic carbocycles. The number of carbonyl (C=O) groups is 1. The highest BCUT2D eigenvalue weighted by Gasteiger charge is 2.68. The molecule has 1 aromatic rings. The molecule has 0 aromatic heterocycles. The summed E-state index contributed by atoms with van der Waals surface area (Å²) in [7, 11) is 0. The fourth-order valence-electron chi connectivity index (χ4n) is 5.57. The summed E-state index contributed by atoms with van der Waals surface area (Å²) in [4.78, 5) is 30.5. The van der Waals surface area contributed by atoms with Crippen molar-refractivity contribution in [2.75, 3.05) is 49.9 Å². The first-order valence-electron chi connectivity index (χ1n) is 10.9. The highest BCUT2D eigenvalue weighted by Crippen LogP contribution is 2.51. The molecule has 0 N–H and O–H groups in total. The lowest BCUT2D eigenvalue weighted by atomic mass is 9.84. The second kappa shape index (κ2) is 7.44. The van der Waals surface area contributed by atoms with Crippen LogP contribution in [0.3, 0.4) is 0 Å². The number of piperazine rings is 1. The minimum atomic E-state index is -1.02. The van der Waals surface area contributed by atoms with Gasteiger partial charge in [0.15, 0.2) is 11.3 Å². The molecule has 2 bridgehead atoms. The number of piperidine rings is 1. The summed E-state index contributed by atoms with van der Waals surface area (Å²) < 4.78 is 0.250. The number of hydrogen-bond donors (Lipinski definition) is 0. The highest BCUT2D eigenvalue weighted by molar-refractivity contribution is 8.03. The second-order valence-corrected chi connectivity index (χ2v) is 9.95. The zero-order chi connectivity index (χ0) is 20.9. The van der Waals surface area contributed by atoms with Gasteiger partial charge in [0.05, 0.1) is 29.6 Å². The van der Waals surface area contributed by atoms with E-state index in [1.54, 1.807) is 6.08 Å². The van der Waals surface area contributed by atoms with Crippen molar-refractivity contribution in [3.63, 3.8) is 0 Å². The van der Waals surface area contributed by atoms with E-state index in [0.717, 1.165) is 37.5 Å². The molecule has 2 saturated heterocycles. The van der Waals surface area contributed by atoms with E-state index < -0.39 is 16.4 Å². The lowest BCUT2D eigenvalue weighted by Gasteiger charge is -2.56. The molecule has 3 unspecified atom stereocenters. The molecule has 4 aliphatic rings. The van der Waals surface area contributed by atoms with Crippen LogP contribution in [0.2, 0.25) is 0 Å². The number of ketones is 1. The largest absolute Gasteiger partial charge is 0.627 e. The number of hydroxylamine groups is 3. The van der Waals surface area contributed by atoms with Gasteiger partial charge in [-0.1, -0.05) is 18.2 Å². The SMILES string of the molecule is Cc1ccccc1N1CCN(CCC2[N+](=O)C3=CC4(CS3)C(=O)CCC[N+]24[O-])CC1. The number of thioether (sulfide) groups is 1. The quantitative estimate of drug-likeness (QED) is 0.416. The van der Waals surface area contributed by atoms with E-state index in [0.29, 0.717) is 36.6 Å². The third-order valence-corrected chi connectivity index (χ3v) is 8.53. The fourth-order valence-corrected chi connectivity index (χ4v) is 6.92. The summed E-state index contributed by atoms with van der Waals surface area (Å²) in [5.74, 6) is 0.450. The predicted molar refractivity (Wildman–Crippen MR) is 118 cm³/mol. The molecule has 7 nitrogen and oxygen atoms in total. The van der Waals surface area contributed by atoms with Crippen molar-refractivity contribution in [3.8, 4) is 0 Å². The van der Waals surface area contributed by atoms with Crippen LogP contribution in [0.25, 0.3) is 0 Å². The monoisotopic (exact) mass is 429 g/mol. The van der Waals surface area contributed by atoms with Crippen molar-refractivity contribution in [1.82, 2.24) is 4.90 Å². The fraction of sp³-hybridized carbons (Fsp3) is 0.591. The van der Waals surface area contributed by atoms with Crippen LogP contribution < -0.4 is 4.90 Å². The smallest absolute Gasteiger partial charge is 0.335 e. The lowest BCUT2D eigenvalue weighted by molar-refractivity contribution is -1.02. The van der Waals surface area contributed by atoms with Gasteiger partial charge in [-0.15, -0.1) is 0 Å². The molecule has 4 aliphatic heterocycles. The summed E-state index contributed by atoms with van der Waals surface area (Å²) in [6.45, 7) is 6.94. The molecule has 0 saturated carbocycles. The van der Waals surface area contributed by atoms with E-state index in [1.807, 2.05) is 0 Å². The third kappa shape index (κ3) is 2.96. The predicted octanol–water partition coefficient (Wildman–Crippen LogP) is 2.63. The summed E-state index contributed by atoms with van der Waals surface area (Å²) >= 11 is 1.38. The third-order valence-electron chi connectivity index (χ3n) is 7.36. The number of benzene rings is 1.